The lowest BCUT2D eigenvalue weighted by Crippen LogP contribution is -2.35. The second-order valence-corrected chi connectivity index (χ2v) is 10.3. The molecular weight excluding hydrogens is 300 g/mol. The Morgan fingerprint density at radius 2 is 1.76 bits per heavy atom. The number of hydrogen-bond donors (Lipinski definition) is 0. The van der Waals surface area contributed by atoms with Crippen molar-refractivity contribution in [3.63, 3.8) is 0 Å². The third kappa shape index (κ3) is 3.65. The van der Waals surface area contributed by atoms with E-state index in [2.05, 4.69) is 53.7 Å². The Morgan fingerprint density at radius 1 is 1.08 bits per heavy atom. The Hall–Kier alpha value is -0.520. The molecule has 0 aliphatic heterocycles. The Kier molecular flexibility index (Phi) is 5.86. The monoisotopic (exact) mass is 342 g/mol. The van der Waals surface area contributed by atoms with Crippen LogP contribution in [0.25, 0.3) is 0 Å². The molecular formula is C25H42. The van der Waals surface area contributed by atoms with Gasteiger partial charge in [0.05, 0.1) is 0 Å². The van der Waals surface area contributed by atoms with Crippen LogP contribution in [0.3, 0.4) is 0 Å². The Labute approximate surface area is 157 Å². The quantitative estimate of drug-likeness (QED) is 0.490. The smallest absolute Gasteiger partial charge is 0.0143 e. The second kappa shape index (κ2) is 7.61. The lowest BCUT2D eigenvalue weighted by molar-refractivity contribution is 0.0961. The molecule has 3 aliphatic rings. The molecule has 25 heavy (non-hydrogen) atoms. The van der Waals surface area contributed by atoms with Gasteiger partial charge in [0.15, 0.2) is 0 Å². The SMILES string of the molecule is CC[C@H](C)C1CC[C@H]2/C(=C/C=C3C[C@@H](C)C(C)[C@H](C)C3)CCC[C@]12C. The molecule has 0 heterocycles. The summed E-state index contributed by atoms with van der Waals surface area (Å²) < 4.78 is 0. The zero-order chi connectivity index (χ0) is 18.2. The molecule has 0 saturated heterocycles. The number of fused-ring (bicyclic) bond motifs is 1. The lowest BCUT2D eigenvalue weighted by Gasteiger charge is -2.44. The maximum absolute atomic E-state index is 2.63. The minimum atomic E-state index is 0.583. The topological polar surface area (TPSA) is 0 Å². The van der Waals surface area contributed by atoms with Gasteiger partial charge in [-0.3, -0.25) is 0 Å². The summed E-state index contributed by atoms with van der Waals surface area (Å²) in [7, 11) is 0. The van der Waals surface area contributed by atoms with Gasteiger partial charge in [0.1, 0.15) is 0 Å². The first kappa shape index (κ1) is 19.2. The molecule has 1 unspecified atom stereocenters. The van der Waals surface area contributed by atoms with E-state index in [0.717, 1.165) is 35.5 Å². The normalized spacial score (nSPS) is 44.6. The Bertz CT molecular complexity index is 510. The summed E-state index contributed by atoms with van der Waals surface area (Å²) in [5.74, 6) is 5.31. The van der Waals surface area contributed by atoms with Crippen LogP contribution in [0.5, 0.6) is 0 Å². The van der Waals surface area contributed by atoms with Crippen LogP contribution in [-0.2, 0) is 0 Å². The predicted octanol–water partition coefficient (Wildman–Crippen LogP) is 7.80. The van der Waals surface area contributed by atoms with Crippen molar-refractivity contribution in [1.82, 2.24) is 0 Å². The largest absolute Gasteiger partial charge is 0.0697 e. The summed E-state index contributed by atoms with van der Waals surface area (Å²) in [4.78, 5) is 0. The van der Waals surface area contributed by atoms with Crippen LogP contribution < -0.4 is 0 Å². The van der Waals surface area contributed by atoms with Gasteiger partial charge in [0, 0.05) is 0 Å². The third-order valence-corrected chi connectivity index (χ3v) is 8.87. The summed E-state index contributed by atoms with van der Waals surface area (Å²) in [6, 6.07) is 0. The second-order valence-electron chi connectivity index (χ2n) is 10.3. The molecule has 0 radical (unpaired) electrons. The van der Waals surface area contributed by atoms with E-state index < -0.39 is 0 Å². The van der Waals surface area contributed by atoms with Gasteiger partial charge in [0.25, 0.3) is 0 Å². The van der Waals surface area contributed by atoms with Crippen LogP contribution in [0.1, 0.15) is 92.9 Å². The van der Waals surface area contributed by atoms with Crippen molar-refractivity contribution in [3.8, 4) is 0 Å². The highest BCUT2D eigenvalue weighted by molar-refractivity contribution is 5.26. The van der Waals surface area contributed by atoms with E-state index in [4.69, 9.17) is 0 Å². The van der Waals surface area contributed by atoms with Crippen molar-refractivity contribution >= 4 is 0 Å². The van der Waals surface area contributed by atoms with E-state index in [1.807, 2.05) is 0 Å². The van der Waals surface area contributed by atoms with E-state index in [9.17, 15) is 0 Å². The molecule has 3 fully saturated rings. The molecule has 0 nitrogen and oxygen atoms in total. The minimum absolute atomic E-state index is 0.583. The molecule has 6 atom stereocenters. The maximum Gasteiger partial charge on any atom is -0.0143 e. The molecule has 0 spiro atoms. The van der Waals surface area contributed by atoms with Crippen molar-refractivity contribution < 1.29 is 0 Å². The fourth-order valence-corrected chi connectivity index (χ4v) is 6.70. The van der Waals surface area contributed by atoms with Gasteiger partial charge >= 0.3 is 0 Å². The highest BCUT2D eigenvalue weighted by Crippen LogP contribution is 2.59. The maximum atomic E-state index is 2.63. The average molecular weight is 343 g/mol. The number of rotatable bonds is 3. The van der Waals surface area contributed by atoms with E-state index in [0.29, 0.717) is 5.41 Å². The molecule has 3 saturated carbocycles. The first-order valence-corrected chi connectivity index (χ1v) is 11.2. The highest BCUT2D eigenvalue weighted by Gasteiger charge is 2.50. The zero-order valence-corrected chi connectivity index (χ0v) is 17.8. The van der Waals surface area contributed by atoms with Crippen molar-refractivity contribution in [3.05, 3.63) is 23.3 Å². The van der Waals surface area contributed by atoms with Crippen molar-refractivity contribution in [2.45, 2.75) is 92.9 Å². The van der Waals surface area contributed by atoms with E-state index >= 15 is 0 Å². The first-order valence-electron chi connectivity index (χ1n) is 11.2. The number of allylic oxidation sites excluding steroid dienone is 4. The van der Waals surface area contributed by atoms with Crippen LogP contribution >= 0.6 is 0 Å². The fourth-order valence-electron chi connectivity index (χ4n) is 6.70. The predicted molar refractivity (Wildman–Crippen MR) is 111 cm³/mol. The summed E-state index contributed by atoms with van der Waals surface area (Å²) in [6.45, 7) is 14.9. The molecule has 3 aliphatic carbocycles. The summed E-state index contributed by atoms with van der Waals surface area (Å²) in [6.07, 6.45) is 16.3. The van der Waals surface area contributed by atoms with E-state index in [-0.39, 0.29) is 0 Å². The number of hydrogen-bond acceptors (Lipinski definition) is 0. The van der Waals surface area contributed by atoms with Gasteiger partial charge < -0.3 is 0 Å². The summed E-state index contributed by atoms with van der Waals surface area (Å²) in [5, 5.41) is 0. The zero-order valence-electron chi connectivity index (χ0n) is 17.8. The highest BCUT2D eigenvalue weighted by atomic mass is 14.5. The van der Waals surface area contributed by atoms with Crippen molar-refractivity contribution in [1.29, 1.82) is 0 Å². The fraction of sp³-hybridized carbons (Fsp3) is 0.840. The standard InChI is InChI=1S/C25H42/c1-7-17(2)23-12-13-24-22(9-8-14-25(23,24)6)11-10-21-15-18(3)20(5)19(4)16-21/h10-11,17-20,23-24H,7-9,12-16H2,1-6H3/b21-10?,22-11+/t17-,18+,19+,20?,23?,24-,25+/m0/s1. The Morgan fingerprint density at radius 3 is 2.40 bits per heavy atom. The molecule has 142 valence electrons. The van der Waals surface area contributed by atoms with Crippen molar-refractivity contribution in [2.24, 2.45) is 40.9 Å². The lowest BCUT2D eigenvalue weighted by atomic mass is 9.61. The van der Waals surface area contributed by atoms with Crippen LogP contribution in [0.15, 0.2) is 23.3 Å². The van der Waals surface area contributed by atoms with Crippen LogP contribution in [0.2, 0.25) is 0 Å². The van der Waals surface area contributed by atoms with Gasteiger partial charge in [0.2, 0.25) is 0 Å². The van der Waals surface area contributed by atoms with Gasteiger partial charge in [-0.2, -0.15) is 0 Å². The van der Waals surface area contributed by atoms with Crippen molar-refractivity contribution in [2.75, 3.05) is 0 Å². The third-order valence-electron chi connectivity index (χ3n) is 8.87. The molecule has 0 aromatic carbocycles. The summed E-state index contributed by atoms with van der Waals surface area (Å²) >= 11 is 0. The first-order chi connectivity index (χ1) is 11.9. The van der Waals surface area contributed by atoms with Gasteiger partial charge in [-0.25, -0.2) is 0 Å². The molecule has 3 rings (SSSR count). The minimum Gasteiger partial charge on any atom is -0.0697 e. The molecule has 0 N–H and O–H groups in total. The summed E-state index contributed by atoms with van der Waals surface area (Å²) in [5.41, 5.74) is 4.10. The molecule has 0 aromatic heterocycles. The van der Waals surface area contributed by atoms with Gasteiger partial charge in [-0.1, -0.05) is 71.3 Å². The molecule has 0 heteroatoms. The van der Waals surface area contributed by atoms with E-state index in [1.165, 1.54) is 51.4 Å². The van der Waals surface area contributed by atoms with E-state index in [1.54, 1.807) is 11.1 Å². The molecule has 0 amide bonds. The molecule has 0 bridgehead atoms. The average Bonchev–Trinajstić information content (AvgIpc) is 2.94. The van der Waals surface area contributed by atoms with Gasteiger partial charge in [-0.15, -0.1) is 0 Å². The van der Waals surface area contributed by atoms with Crippen LogP contribution in [0.4, 0.5) is 0 Å². The van der Waals surface area contributed by atoms with Crippen LogP contribution in [0, 0.1) is 40.9 Å². The molecule has 0 aromatic rings. The van der Waals surface area contributed by atoms with Crippen LogP contribution in [-0.4, -0.2) is 0 Å². The van der Waals surface area contributed by atoms with Gasteiger partial charge in [-0.05, 0) is 85.9 Å². The Balaban J connectivity index is 1.77.